The minimum atomic E-state index is -3.38. The van der Waals surface area contributed by atoms with Gasteiger partial charge in [-0.05, 0) is 48.7 Å². The topological polar surface area (TPSA) is 70.2 Å². The van der Waals surface area contributed by atoms with Crippen molar-refractivity contribution in [2.24, 2.45) is 0 Å². The van der Waals surface area contributed by atoms with Gasteiger partial charge in [0.25, 0.3) is 5.91 Å². The average Bonchev–Trinajstić information content (AvgIpc) is 2.81. The number of hydrogen-bond donors (Lipinski definition) is 0. The molecule has 2 fully saturated rings. The van der Waals surface area contributed by atoms with Crippen LogP contribution in [-0.4, -0.2) is 76.0 Å². The summed E-state index contributed by atoms with van der Waals surface area (Å²) < 4.78 is 31.9. The molecule has 4 rings (SSSR count). The molecule has 0 atom stereocenters. The number of ether oxygens (including phenoxy) is 1. The highest BCUT2D eigenvalue weighted by Gasteiger charge is 2.26. The van der Waals surface area contributed by atoms with Crippen molar-refractivity contribution in [3.63, 3.8) is 0 Å². The highest BCUT2D eigenvalue weighted by Crippen LogP contribution is 2.24. The van der Waals surface area contributed by atoms with Gasteiger partial charge in [-0.3, -0.25) is 4.79 Å². The standard InChI is InChI=1S/C24H31N3O4S/c1-19-4-3-5-23(20(19)2)25-10-12-26(13-11-25)24(28)22-8-6-21(7-9-22)18-32(29,30)27-14-16-31-17-15-27/h3-9H,10-18H2,1-2H3. The third-order valence-corrected chi connectivity index (χ3v) is 8.25. The summed E-state index contributed by atoms with van der Waals surface area (Å²) in [5.74, 6) is -0.0658. The van der Waals surface area contributed by atoms with Crippen LogP contribution in [0.4, 0.5) is 5.69 Å². The van der Waals surface area contributed by atoms with Gasteiger partial charge in [0.15, 0.2) is 0 Å². The number of hydrogen-bond acceptors (Lipinski definition) is 5. The zero-order chi connectivity index (χ0) is 22.7. The molecule has 2 aromatic carbocycles. The van der Waals surface area contributed by atoms with Crippen molar-refractivity contribution in [3.05, 3.63) is 64.7 Å². The summed E-state index contributed by atoms with van der Waals surface area (Å²) >= 11 is 0. The van der Waals surface area contributed by atoms with Crippen molar-refractivity contribution in [2.45, 2.75) is 19.6 Å². The van der Waals surface area contributed by atoms with Gasteiger partial charge >= 0.3 is 0 Å². The van der Waals surface area contributed by atoms with E-state index in [1.54, 1.807) is 24.3 Å². The number of amides is 1. The third kappa shape index (κ3) is 4.98. The summed E-state index contributed by atoms with van der Waals surface area (Å²) in [4.78, 5) is 17.2. The number of piperazine rings is 1. The number of nitrogens with zero attached hydrogens (tertiary/aromatic N) is 3. The molecule has 2 saturated heterocycles. The van der Waals surface area contributed by atoms with Gasteiger partial charge in [0.2, 0.25) is 10.0 Å². The van der Waals surface area contributed by atoms with Gasteiger partial charge in [0.05, 0.1) is 19.0 Å². The molecule has 0 radical (unpaired) electrons. The third-order valence-electron chi connectivity index (χ3n) is 6.40. The Morgan fingerprint density at radius 2 is 1.56 bits per heavy atom. The van der Waals surface area contributed by atoms with Crippen molar-refractivity contribution >= 4 is 21.6 Å². The van der Waals surface area contributed by atoms with E-state index in [-0.39, 0.29) is 11.7 Å². The summed E-state index contributed by atoms with van der Waals surface area (Å²) in [5, 5.41) is 0. The zero-order valence-corrected chi connectivity index (χ0v) is 19.6. The highest BCUT2D eigenvalue weighted by molar-refractivity contribution is 7.88. The van der Waals surface area contributed by atoms with Crippen LogP contribution in [0.3, 0.4) is 0 Å². The molecule has 0 aromatic heterocycles. The number of benzene rings is 2. The molecule has 2 heterocycles. The van der Waals surface area contributed by atoms with Gasteiger partial charge in [-0.1, -0.05) is 24.3 Å². The van der Waals surface area contributed by atoms with Crippen LogP contribution in [0.2, 0.25) is 0 Å². The van der Waals surface area contributed by atoms with Gasteiger partial charge in [-0.15, -0.1) is 0 Å². The van der Waals surface area contributed by atoms with Crippen LogP contribution in [-0.2, 0) is 20.5 Å². The predicted octanol–water partition coefficient (Wildman–Crippen LogP) is 2.43. The molecule has 2 aliphatic rings. The molecule has 0 aliphatic carbocycles. The Morgan fingerprint density at radius 1 is 0.906 bits per heavy atom. The summed E-state index contributed by atoms with van der Waals surface area (Å²) in [6, 6.07) is 13.3. The van der Waals surface area contributed by atoms with E-state index in [4.69, 9.17) is 4.74 Å². The van der Waals surface area contributed by atoms with Crippen molar-refractivity contribution in [1.82, 2.24) is 9.21 Å². The molecule has 1 amide bonds. The van der Waals surface area contributed by atoms with Crippen LogP contribution in [0.1, 0.15) is 27.0 Å². The van der Waals surface area contributed by atoms with Crippen molar-refractivity contribution < 1.29 is 17.9 Å². The molecule has 8 heteroatoms. The minimum Gasteiger partial charge on any atom is -0.379 e. The molecule has 0 unspecified atom stereocenters. The Bertz CT molecular complexity index is 1060. The van der Waals surface area contributed by atoms with Crippen LogP contribution in [0.15, 0.2) is 42.5 Å². The van der Waals surface area contributed by atoms with Gasteiger partial charge in [0.1, 0.15) is 0 Å². The number of carbonyl (C=O) groups excluding carboxylic acids is 1. The maximum Gasteiger partial charge on any atom is 0.253 e. The summed E-state index contributed by atoms with van der Waals surface area (Å²) in [6.07, 6.45) is 0. The van der Waals surface area contributed by atoms with Crippen LogP contribution >= 0.6 is 0 Å². The maximum absolute atomic E-state index is 13.0. The lowest BCUT2D eigenvalue weighted by atomic mass is 10.1. The molecular weight excluding hydrogens is 426 g/mol. The number of aryl methyl sites for hydroxylation is 1. The van der Waals surface area contributed by atoms with E-state index < -0.39 is 10.0 Å². The van der Waals surface area contributed by atoms with E-state index in [1.807, 2.05) is 4.90 Å². The largest absolute Gasteiger partial charge is 0.379 e. The molecular formula is C24H31N3O4S. The quantitative estimate of drug-likeness (QED) is 0.690. The fourth-order valence-corrected chi connectivity index (χ4v) is 5.78. The van der Waals surface area contributed by atoms with Crippen molar-refractivity contribution in [1.29, 1.82) is 0 Å². The first kappa shape index (κ1) is 22.8. The SMILES string of the molecule is Cc1cccc(N2CCN(C(=O)c3ccc(CS(=O)(=O)N4CCOCC4)cc3)CC2)c1C. The summed E-state index contributed by atoms with van der Waals surface area (Å²) in [5.41, 5.74) is 5.08. The van der Waals surface area contributed by atoms with Crippen LogP contribution in [0.25, 0.3) is 0 Å². The predicted molar refractivity (Wildman–Crippen MR) is 125 cm³/mol. The summed E-state index contributed by atoms with van der Waals surface area (Å²) in [6.45, 7) is 8.85. The monoisotopic (exact) mass is 457 g/mol. The zero-order valence-electron chi connectivity index (χ0n) is 18.8. The Labute approximate surface area is 190 Å². The van der Waals surface area contributed by atoms with Gasteiger partial charge < -0.3 is 14.5 Å². The molecule has 0 spiro atoms. The lowest BCUT2D eigenvalue weighted by molar-refractivity contribution is 0.0729. The second-order valence-corrected chi connectivity index (χ2v) is 10.4. The average molecular weight is 458 g/mol. The normalized spacial score (nSPS) is 18.1. The van der Waals surface area contributed by atoms with E-state index >= 15 is 0 Å². The molecule has 2 aliphatic heterocycles. The lowest BCUT2D eigenvalue weighted by Crippen LogP contribution is -2.49. The maximum atomic E-state index is 13.0. The Hall–Kier alpha value is -2.42. The van der Waals surface area contributed by atoms with E-state index in [2.05, 4.69) is 36.9 Å². The fourth-order valence-electron chi connectivity index (χ4n) is 4.28. The Kier molecular flexibility index (Phi) is 6.83. The first-order valence-electron chi connectivity index (χ1n) is 11.1. The minimum absolute atomic E-state index is 0.00630. The molecule has 0 bridgehead atoms. The molecule has 0 saturated carbocycles. The van der Waals surface area contributed by atoms with Crippen molar-refractivity contribution in [2.75, 3.05) is 57.4 Å². The van der Waals surface area contributed by atoms with E-state index in [1.165, 1.54) is 21.1 Å². The van der Waals surface area contributed by atoms with Crippen LogP contribution in [0, 0.1) is 13.8 Å². The number of carbonyl (C=O) groups is 1. The van der Waals surface area contributed by atoms with Gasteiger partial charge in [-0.25, -0.2) is 8.42 Å². The highest BCUT2D eigenvalue weighted by atomic mass is 32.2. The van der Waals surface area contributed by atoms with Gasteiger partial charge in [-0.2, -0.15) is 4.31 Å². The van der Waals surface area contributed by atoms with Crippen LogP contribution < -0.4 is 4.90 Å². The van der Waals surface area contributed by atoms with Crippen molar-refractivity contribution in [3.8, 4) is 0 Å². The number of morpholine rings is 1. The molecule has 7 nitrogen and oxygen atoms in total. The Morgan fingerprint density at radius 3 is 2.22 bits per heavy atom. The number of anilines is 1. The fraction of sp³-hybridized carbons (Fsp3) is 0.458. The second kappa shape index (κ2) is 9.60. The number of rotatable bonds is 5. The molecule has 172 valence electrons. The second-order valence-electron chi connectivity index (χ2n) is 8.46. The first-order valence-corrected chi connectivity index (χ1v) is 12.7. The molecule has 32 heavy (non-hydrogen) atoms. The number of sulfonamides is 1. The smallest absolute Gasteiger partial charge is 0.253 e. The first-order chi connectivity index (χ1) is 15.3. The van der Waals surface area contributed by atoms with Crippen LogP contribution in [0.5, 0.6) is 0 Å². The molecule has 0 N–H and O–H groups in total. The lowest BCUT2D eigenvalue weighted by Gasteiger charge is -2.37. The Balaban J connectivity index is 1.35. The van der Waals surface area contributed by atoms with E-state index in [0.717, 1.165) is 13.1 Å². The van der Waals surface area contributed by atoms with E-state index in [9.17, 15) is 13.2 Å². The van der Waals surface area contributed by atoms with Gasteiger partial charge in [0, 0.05) is 50.5 Å². The van der Waals surface area contributed by atoms with E-state index in [0.29, 0.717) is 50.5 Å². The molecule has 2 aromatic rings. The summed E-state index contributed by atoms with van der Waals surface area (Å²) in [7, 11) is -3.38.